The van der Waals surface area contributed by atoms with Gasteiger partial charge >= 0.3 is 0 Å². The Labute approximate surface area is 192 Å². The van der Waals surface area contributed by atoms with Crippen molar-refractivity contribution in [2.75, 3.05) is 5.75 Å². The van der Waals surface area contributed by atoms with Crippen molar-refractivity contribution in [1.29, 1.82) is 0 Å². The van der Waals surface area contributed by atoms with Crippen LogP contribution in [0.2, 0.25) is 5.02 Å². The van der Waals surface area contributed by atoms with Gasteiger partial charge in [-0.3, -0.25) is 9.36 Å². The molecule has 0 aliphatic carbocycles. The standard InChI is InChI=1S/C22H18ClFN4OS2/c1-14(19-11-6-12-30-19)25-20(29)13-31-22-27-26-21(15-7-2-3-8-16(15)23)28(22)18-10-5-4-9-17(18)24/h2-12,14H,13H2,1H3,(H,25,29). The van der Waals surface area contributed by atoms with Gasteiger partial charge < -0.3 is 5.32 Å². The Bertz CT molecular complexity index is 1200. The van der Waals surface area contributed by atoms with E-state index >= 15 is 0 Å². The van der Waals surface area contributed by atoms with Gasteiger partial charge in [0.15, 0.2) is 11.0 Å². The van der Waals surface area contributed by atoms with Crippen LogP contribution in [-0.2, 0) is 4.79 Å². The summed E-state index contributed by atoms with van der Waals surface area (Å²) in [5, 5.41) is 14.3. The van der Waals surface area contributed by atoms with E-state index in [1.165, 1.54) is 17.8 Å². The van der Waals surface area contributed by atoms with Crippen molar-refractivity contribution < 1.29 is 9.18 Å². The number of aromatic nitrogens is 3. The van der Waals surface area contributed by atoms with E-state index in [0.29, 0.717) is 21.6 Å². The van der Waals surface area contributed by atoms with Gasteiger partial charge in [0.05, 0.1) is 22.5 Å². The summed E-state index contributed by atoms with van der Waals surface area (Å²) in [7, 11) is 0. The minimum Gasteiger partial charge on any atom is -0.348 e. The first-order chi connectivity index (χ1) is 15.0. The lowest BCUT2D eigenvalue weighted by molar-refractivity contribution is -0.119. The number of halogens is 2. The smallest absolute Gasteiger partial charge is 0.230 e. The maximum absolute atomic E-state index is 14.7. The molecule has 2 aromatic heterocycles. The molecule has 0 saturated carbocycles. The third kappa shape index (κ3) is 4.81. The Hall–Kier alpha value is -2.68. The van der Waals surface area contributed by atoms with Crippen LogP contribution < -0.4 is 5.32 Å². The topological polar surface area (TPSA) is 59.8 Å². The fraction of sp³-hybridized carbons (Fsp3) is 0.136. The summed E-state index contributed by atoms with van der Waals surface area (Å²) in [6, 6.07) is 17.4. The molecule has 4 aromatic rings. The van der Waals surface area contributed by atoms with E-state index in [4.69, 9.17) is 11.6 Å². The van der Waals surface area contributed by atoms with Crippen LogP contribution in [-0.4, -0.2) is 26.4 Å². The summed E-state index contributed by atoms with van der Waals surface area (Å²) in [6.45, 7) is 1.94. The second-order valence-electron chi connectivity index (χ2n) is 6.67. The second kappa shape index (κ2) is 9.64. The van der Waals surface area contributed by atoms with Gasteiger partial charge in [0.25, 0.3) is 0 Å². The van der Waals surface area contributed by atoms with Crippen LogP contribution in [0.1, 0.15) is 17.8 Å². The number of nitrogens with zero attached hydrogens (tertiary/aromatic N) is 3. The van der Waals surface area contributed by atoms with Gasteiger partial charge in [0.1, 0.15) is 5.82 Å². The van der Waals surface area contributed by atoms with Crippen LogP contribution in [0.25, 0.3) is 17.1 Å². The van der Waals surface area contributed by atoms with Crippen LogP contribution >= 0.6 is 34.7 Å². The minimum absolute atomic E-state index is 0.0868. The number of carbonyl (C=O) groups excluding carboxylic acids is 1. The molecule has 31 heavy (non-hydrogen) atoms. The zero-order chi connectivity index (χ0) is 21.8. The second-order valence-corrected chi connectivity index (χ2v) is 9.00. The number of rotatable bonds is 7. The van der Waals surface area contributed by atoms with Gasteiger partial charge in [0.2, 0.25) is 5.91 Å². The average molecular weight is 473 g/mol. The molecule has 0 saturated heterocycles. The molecule has 0 bridgehead atoms. The monoisotopic (exact) mass is 472 g/mol. The molecule has 1 atom stereocenters. The number of para-hydroxylation sites is 1. The fourth-order valence-electron chi connectivity index (χ4n) is 3.05. The Kier molecular flexibility index (Phi) is 6.70. The summed E-state index contributed by atoms with van der Waals surface area (Å²) in [6.07, 6.45) is 0. The van der Waals surface area contributed by atoms with E-state index in [9.17, 15) is 9.18 Å². The summed E-state index contributed by atoms with van der Waals surface area (Å²) in [5.41, 5.74) is 0.917. The number of thioether (sulfide) groups is 1. The van der Waals surface area contributed by atoms with Crippen LogP contribution in [0.3, 0.4) is 0 Å². The molecule has 2 aromatic carbocycles. The van der Waals surface area contributed by atoms with E-state index in [1.54, 1.807) is 46.2 Å². The molecular weight excluding hydrogens is 455 g/mol. The van der Waals surface area contributed by atoms with E-state index < -0.39 is 5.82 Å². The van der Waals surface area contributed by atoms with Gasteiger partial charge in [0, 0.05) is 10.4 Å². The number of amides is 1. The van der Waals surface area contributed by atoms with E-state index in [0.717, 1.165) is 4.88 Å². The molecular formula is C22H18ClFN4OS2. The van der Waals surface area contributed by atoms with Crippen molar-refractivity contribution in [2.45, 2.75) is 18.1 Å². The first kappa shape index (κ1) is 21.5. The van der Waals surface area contributed by atoms with Crippen molar-refractivity contribution in [3.8, 4) is 17.1 Å². The molecule has 158 valence electrons. The van der Waals surface area contributed by atoms with E-state index in [-0.39, 0.29) is 23.4 Å². The lowest BCUT2D eigenvalue weighted by Gasteiger charge is -2.13. The molecule has 9 heteroatoms. The average Bonchev–Trinajstić information content (AvgIpc) is 3.43. The predicted octanol–water partition coefficient (Wildman–Crippen LogP) is 5.76. The number of nitrogens with one attached hydrogen (secondary N) is 1. The maximum atomic E-state index is 14.7. The molecule has 1 N–H and O–H groups in total. The van der Waals surface area contributed by atoms with Crippen LogP contribution in [0.4, 0.5) is 4.39 Å². The molecule has 0 aliphatic heterocycles. The largest absolute Gasteiger partial charge is 0.348 e. The molecule has 1 unspecified atom stereocenters. The molecule has 0 spiro atoms. The van der Waals surface area contributed by atoms with Crippen LogP contribution in [0.5, 0.6) is 0 Å². The third-order valence-electron chi connectivity index (χ3n) is 4.52. The van der Waals surface area contributed by atoms with E-state index in [1.807, 2.05) is 36.6 Å². The lowest BCUT2D eigenvalue weighted by atomic mass is 10.2. The summed E-state index contributed by atoms with van der Waals surface area (Å²) in [5.74, 6) is -0.0442. The normalized spacial score (nSPS) is 12.0. The molecule has 5 nitrogen and oxygen atoms in total. The zero-order valence-electron chi connectivity index (χ0n) is 16.5. The van der Waals surface area contributed by atoms with Crippen LogP contribution in [0.15, 0.2) is 71.2 Å². The Balaban J connectivity index is 1.61. The zero-order valence-corrected chi connectivity index (χ0v) is 18.8. The van der Waals surface area contributed by atoms with Crippen molar-refractivity contribution >= 4 is 40.6 Å². The summed E-state index contributed by atoms with van der Waals surface area (Å²) in [4.78, 5) is 13.6. The van der Waals surface area contributed by atoms with Crippen LogP contribution in [0, 0.1) is 5.82 Å². The molecule has 2 heterocycles. The maximum Gasteiger partial charge on any atom is 0.230 e. The third-order valence-corrected chi connectivity index (χ3v) is 6.83. The van der Waals surface area contributed by atoms with Crippen molar-refractivity contribution in [3.05, 3.63) is 81.8 Å². The Morgan fingerprint density at radius 3 is 2.68 bits per heavy atom. The molecule has 0 fully saturated rings. The minimum atomic E-state index is -0.423. The van der Waals surface area contributed by atoms with Gasteiger partial charge in [-0.05, 0) is 42.6 Å². The predicted molar refractivity (Wildman–Crippen MR) is 123 cm³/mol. The fourth-order valence-corrected chi connectivity index (χ4v) is 4.76. The SMILES string of the molecule is CC(NC(=O)CSc1nnc(-c2ccccc2Cl)n1-c1ccccc1F)c1cccs1. The van der Waals surface area contributed by atoms with Crippen molar-refractivity contribution in [2.24, 2.45) is 0 Å². The first-order valence-electron chi connectivity index (χ1n) is 9.45. The molecule has 0 radical (unpaired) electrons. The highest BCUT2D eigenvalue weighted by Crippen LogP contribution is 2.32. The molecule has 0 aliphatic rings. The summed E-state index contributed by atoms with van der Waals surface area (Å²) >= 11 is 9.14. The quantitative estimate of drug-likeness (QED) is 0.347. The molecule has 1 amide bonds. The lowest BCUT2D eigenvalue weighted by Crippen LogP contribution is -2.27. The number of thiophene rings is 1. The highest BCUT2D eigenvalue weighted by Gasteiger charge is 2.21. The van der Waals surface area contributed by atoms with Crippen molar-refractivity contribution in [3.63, 3.8) is 0 Å². The highest BCUT2D eigenvalue weighted by molar-refractivity contribution is 7.99. The van der Waals surface area contributed by atoms with Gasteiger partial charge in [-0.25, -0.2) is 4.39 Å². The molecule has 4 rings (SSSR count). The van der Waals surface area contributed by atoms with E-state index in [2.05, 4.69) is 15.5 Å². The summed E-state index contributed by atoms with van der Waals surface area (Å²) < 4.78 is 16.3. The highest BCUT2D eigenvalue weighted by atomic mass is 35.5. The van der Waals surface area contributed by atoms with Gasteiger partial charge in [-0.1, -0.05) is 53.7 Å². The Morgan fingerprint density at radius 1 is 1.16 bits per heavy atom. The number of hydrogen-bond acceptors (Lipinski definition) is 5. The first-order valence-corrected chi connectivity index (χ1v) is 11.7. The number of carbonyl (C=O) groups is 1. The number of hydrogen-bond donors (Lipinski definition) is 1. The Morgan fingerprint density at radius 2 is 1.94 bits per heavy atom. The van der Waals surface area contributed by atoms with Gasteiger partial charge in [-0.15, -0.1) is 21.5 Å². The van der Waals surface area contributed by atoms with Gasteiger partial charge in [-0.2, -0.15) is 0 Å². The number of benzene rings is 2. The van der Waals surface area contributed by atoms with Crippen molar-refractivity contribution in [1.82, 2.24) is 20.1 Å².